The second-order valence-electron chi connectivity index (χ2n) is 5.94. The predicted octanol–water partition coefficient (Wildman–Crippen LogP) is 3.75. The Morgan fingerprint density at radius 1 is 1.17 bits per heavy atom. The van der Waals surface area contributed by atoms with Gasteiger partial charge < -0.3 is 9.84 Å². The molecule has 0 amide bonds. The standard InChI is InChI=1S/C18H15ClO3S/c19-12-7-5-11(6-8-12)17-18(15(20)9-23-17)10-22-14-4-2-1-3-13(14)16(18)21/h1-8,15,17,20H,9-10H2/t15-,17+,18+/m1/s1. The van der Waals surface area contributed by atoms with Crippen LogP contribution >= 0.6 is 23.4 Å². The van der Waals surface area contributed by atoms with E-state index in [0.717, 1.165) is 5.56 Å². The molecule has 0 radical (unpaired) electrons. The summed E-state index contributed by atoms with van der Waals surface area (Å²) in [5.74, 6) is 1.09. The van der Waals surface area contributed by atoms with Crippen molar-refractivity contribution in [3.8, 4) is 5.75 Å². The minimum Gasteiger partial charge on any atom is -0.492 e. The van der Waals surface area contributed by atoms with Crippen LogP contribution in [-0.2, 0) is 0 Å². The fourth-order valence-electron chi connectivity index (χ4n) is 3.43. The van der Waals surface area contributed by atoms with Gasteiger partial charge in [-0.05, 0) is 29.8 Å². The Labute approximate surface area is 143 Å². The van der Waals surface area contributed by atoms with Gasteiger partial charge in [-0.15, -0.1) is 11.8 Å². The molecule has 0 unspecified atom stereocenters. The first-order valence-electron chi connectivity index (χ1n) is 7.45. The topological polar surface area (TPSA) is 46.5 Å². The van der Waals surface area contributed by atoms with Gasteiger partial charge in [0.2, 0.25) is 0 Å². The average Bonchev–Trinajstić information content (AvgIpc) is 2.90. The zero-order valence-corrected chi connectivity index (χ0v) is 13.8. The minimum atomic E-state index is -0.938. The molecule has 5 heteroatoms. The molecule has 3 nitrogen and oxygen atoms in total. The largest absolute Gasteiger partial charge is 0.492 e. The van der Waals surface area contributed by atoms with Gasteiger partial charge in [0.25, 0.3) is 0 Å². The molecule has 4 rings (SSSR count). The van der Waals surface area contributed by atoms with E-state index in [1.54, 1.807) is 23.9 Å². The van der Waals surface area contributed by atoms with Crippen LogP contribution in [0, 0.1) is 5.41 Å². The van der Waals surface area contributed by atoms with Crippen molar-refractivity contribution in [2.45, 2.75) is 11.4 Å². The lowest BCUT2D eigenvalue weighted by atomic mass is 9.71. The zero-order valence-electron chi connectivity index (χ0n) is 12.2. The lowest BCUT2D eigenvalue weighted by molar-refractivity contribution is 0.00923. The molecular weight excluding hydrogens is 332 g/mol. The number of hydrogen-bond acceptors (Lipinski definition) is 4. The molecule has 2 aromatic carbocycles. The Balaban J connectivity index is 1.81. The predicted molar refractivity (Wildman–Crippen MR) is 91.4 cm³/mol. The highest BCUT2D eigenvalue weighted by atomic mass is 35.5. The van der Waals surface area contributed by atoms with E-state index in [9.17, 15) is 9.90 Å². The number of para-hydroxylation sites is 1. The summed E-state index contributed by atoms with van der Waals surface area (Å²) in [7, 11) is 0. The molecule has 0 aliphatic carbocycles. The molecule has 2 aromatic rings. The maximum Gasteiger partial charge on any atom is 0.180 e. The van der Waals surface area contributed by atoms with Crippen LogP contribution in [0.15, 0.2) is 48.5 Å². The number of fused-ring (bicyclic) bond motifs is 1. The van der Waals surface area contributed by atoms with Gasteiger partial charge in [0.05, 0.1) is 11.7 Å². The lowest BCUT2D eigenvalue weighted by Crippen LogP contribution is -2.50. The third kappa shape index (κ3) is 2.20. The number of halogens is 1. The molecule has 1 N–H and O–H groups in total. The number of aliphatic hydroxyl groups excluding tert-OH is 1. The summed E-state index contributed by atoms with van der Waals surface area (Å²) in [6.07, 6.45) is -0.728. The Hall–Kier alpha value is -1.49. The monoisotopic (exact) mass is 346 g/mol. The quantitative estimate of drug-likeness (QED) is 0.854. The summed E-state index contributed by atoms with van der Waals surface area (Å²) < 4.78 is 5.86. The number of carbonyl (C=O) groups excluding carboxylic acids is 1. The maximum absolute atomic E-state index is 13.2. The van der Waals surface area contributed by atoms with Crippen LogP contribution in [0.5, 0.6) is 5.75 Å². The molecule has 23 heavy (non-hydrogen) atoms. The second-order valence-corrected chi connectivity index (χ2v) is 7.51. The second kappa shape index (κ2) is 5.55. The van der Waals surface area contributed by atoms with E-state index in [1.165, 1.54) is 0 Å². The van der Waals surface area contributed by atoms with Gasteiger partial charge in [-0.25, -0.2) is 0 Å². The summed E-state index contributed by atoms with van der Waals surface area (Å²) in [6, 6.07) is 14.7. The van der Waals surface area contributed by atoms with Gasteiger partial charge >= 0.3 is 0 Å². The summed E-state index contributed by atoms with van der Waals surface area (Å²) >= 11 is 7.57. The lowest BCUT2D eigenvalue weighted by Gasteiger charge is -2.39. The van der Waals surface area contributed by atoms with E-state index in [1.807, 2.05) is 36.4 Å². The molecule has 0 bridgehead atoms. The molecule has 2 heterocycles. The molecule has 0 aromatic heterocycles. The molecule has 2 aliphatic rings. The summed E-state index contributed by atoms with van der Waals surface area (Å²) in [5.41, 5.74) is 0.610. The molecule has 1 saturated heterocycles. The SMILES string of the molecule is O=C1c2ccccc2OC[C@]12[C@H](O)CS[C@H]2c1ccc(Cl)cc1. The molecule has 3 atom stereocenters. The number of ether oxygens (including phenoxy) is 1. The fourth-order valence-corrected chi connectivity index (χ4v) is 5.20. The van der Waals surface area contributed by atoms with Crippen molar-refractivity contribution >= 4 is 29.1 Å². The third-order valence-electron chi connectivity index (χ3n) is 4.68. The average molecular weight is 347 g/mol. The van der Waals surface area contributed by atoms with Gasteiger partial charge in [0.15, 0.2) is 5.78 Å². The first kappa shape index (κ1) is 15.1. The summed E-state index contributed by atoms with van der Waals surface area (Å²) in [5, 5.41) is 11.2. The minimum absolute atomic E-state index is 0.0307. The number of benzene rings is 2. The van der Waals surface area contributed by atoms with Gasteiger partial charge in [-0.1, -0.05) is 35.9 Å². The molecule has 1 fully saturated rings. The maximum atomic E-state index is 13.2. The van der Waals surface area contributed by atoms with E-state index in [-0.39, 0.29) is 17.6 Å². The first-order valence-corrected chi connectivity index (χ1v) is 8.87. The number of Topliss-reactive ketones (excluding diaryl/α,β-unsaturated/α-hetero) is 1. The van der Waals surface area contributed by atoms with Crippen molar-refractivity contribution < 1.29 is 14.6 Å². The van der Waals surface area contributed by atoms with Crippen molar-refractivity contribution in [2.24, 2.45) is 5.41 Å². The van der Waals surface area contributed by atoms with Crippen LogP contribution in [0.2, 0.25) is 5.02 Å². The van der Waals surface area contributed by atoms with E-state index in [4.69, 9.17) is 16.3 Å². The van der Waals surface area contributed by atoms with Crippen LogP contribution < -0.4 is 4.74 Å². The van der Waals surface area contributed by atoms with Crippen molar-refractivity contribution in [3.63, 3.8) is 0 Å². The number of thioether (sulfide) groups is 1. The number of ketones is 1. The van der Waals surface area contributed by atoms with E-state index >= 15 is 0 Å². The number of rotatable bonds is 1. The zero-order chi connectivity index (χ0) is 16.0. The van der Waals surface area contributed by atoms with Gasteiger partial charge in [-0.2, -0.15) is 0 Å². The Morgan fingerprint density at radius 3 is 2.70 bits per heavy atom. The van der Waals surface area contributed by atoms with Crippen molar-refractivity contribution in [1.82, 2.24) is 0 Å². The summed E-state index contributed by atoms with van der Waals surface area (Å²) in [6.45, 7) is 0.199. The Bertz CT molecular complexity index is 761. The van der Waals surface area contributed by atoms with Crippen LogP contribution in [-0.4, -0.2) is 29.4 Å². The van der Waals surface area contributed by atoms with Crippen LogP contribution in [0.25, 0.3) is 0 Å². The Morgan fingerprint density at radius 2 is 1.91 bits per heavy atom. The molecule has 2 aliphatic heterocycles. The third-order valence-corrected chi connectivity index (χ3v) is 6.46. The molecule has 118 valence electrons. The normalized spacial score (nSPS) is 29.4. The van der Waals surface area contributed by atoms with Crippen LogP contribution in [0.3, 0.4) is 0 Å². The fraction of sp³-hybridized carbons (Fsp3) is 0.278. The van der Waals surface area contributed by atoms with Crippen LogP contribution in [0.4, 0.5) is 0 Å². The molecule has 0 saturated carbocycles. The number of hydrogen-bond donors (Lipinski definition) is 1. The molecule has 1 spiro atoms. The number of carbonyl (C=O) groups is 1. The molecular formula is C18H15ClO3S. The van der Waals surface area contributed by atoms with Gasteiger partial charge in [-0.3, -0.25) is 4.79 Å². The smallest absolute Gasteiger partial charge is 0.180 e. The van der Waals surface area contributed by atoms with E-state index in [0.29, 0.717) is 22.1 Å². The van der Waals surface area contributed by atoms with E-state index in [2.05, 4.69) is 0 Å². The highest BCUT2D eigenvalue weighted by Gasteiger charge is 2.59. The highest BCUT2D eigenvalue weighted by molar-refractivity contribution is 7.99. The Kier molecular flexibility index (Phi) is 3.63. The van der Waals surface area contributed by atoms with Crippen molar-refractivity contribution in [3.05, 3.63) is 64.7 Å². The summed E-state index contributed by atoms with van der Waals surface area (Å²) in [4.78, 5) is 13.2. The van der Waals surface area contributed by atoms with Crippen LogP contribution in [0.1, 0.15) is 21.2 Å². The number of aliphatic hydroxyl groups is 1. The van der Waals surface area contributed by atoms with Crippen molar-refractivity contribution in [1.29, 1.82) is 0 Å². The van der Waals surface area contributed by atoms with Gasteiger partial charge in [0, 0.05) is 16.0 Å². The van der Waals surface area contributed by atoms with E-state index < -0.39 is 11.5 Å². The highest BCUT2D eigenvalue weighted by Crippen LogP contribution is 2.57. The first-order chi connectivity index (χ1) is 11.1. The van der Waals surface area contributed by atoms with Gasteiger partial charge in [0.1, 0.15) is 17.8 Å². The van der Waals surface area contributed by atoms with Crippen molar-refractivity contribution in [2.75, 3.05) is 12.4 Å².